The van der Waals surface area contributed by atoms with Crippen LogP contribution in [0.2, 0.25) is 0 Å². The Morgan fingerprint density at radius 2 is 2.36 bits per heavy atom. The summed E-state index contributed by atoms with van der Waals surface area (Å²) in [6, 6.07) is 1.45. The molecular weight excluding hydrogens is 188 g/mol. The molecule has 0 aliphatic rings. The van der Waals surface area contributed by atoms with Crippen LogP contribution in [0, 0.1) is 10.1 Å². The van der Waals surface area contributed by atoms with Gasteiger partial charge in [0.2, 0.25) is 0 Å². The molecule has 0 radical (unpaired) electrons. The third-order valence-electron chi connectivity index (χ3n) is 1.50. The van der Waals surface area contributed by atoms with E-state index in [1.165, 1.54) is 19.4 Å². The van der Waals surface area contributed by atoms with Crippen LogP contribution in [0.15, 0.2) is 18.5 Å². The highest BCUT2D eigenvalue weighted by Crippen LogP contribution is 2.24. The van der Waals surface area contributed by atoms with Crippen molar-refractivity contribution in [1.82, 2.24) is 4.98 Å². The second kappa shape index (κ2) is 5.13. The van der Waals surface area contributed by atoms with Gasteiger partial charge in [0.15, 0.2) is 5.75 Å². The molecule has 76 valence electrons. The van der Waals surface area contributed by atoms with Crippen molar-refractivity contribution < 1.29 is 14.4 Å². The lowest BCUT2D eigenvalue weighted by molar-refractivity contribution is -0.386. The highest BCUT2D eigenvalue weighted by atomic mass is 16.6. The smallest absolute Gasteiger partial charge is 0.329 e. The van der Waals surface area contributed by atoms with E-state index in [9.17, 15) is 10.1 Å². The van der Waals surface area contributed by atoms with Crippen LogP contribution in [0.4, 0.5) is 5.69 Å². The zero-order valence-corrected chi connectivity index (χ0v) is 7.67. The average molecular weight is 198 g/mol. The van der Waals surface area contributed by atoms with Crippen LogP contribution in [-0.2, 0) is 4.74 Å². The molecule has 0 amide bonds. The van der Waals surface area contributed by atoms with E-state index in [4.69, 9.17) is 9.47 Å². The summed E-state index contributed by atoms with van der Waals surface area (Å²) in [4.78, 5) is 13.6. The fraction of sp³-hybridized carbons (Fsp3) is 0.375. The lowest BCUT2D eigenvalue weighted by atomic mass is 10.4. The molecule has 0 fully saturated rings. The molecular formula is C8H10N2O4. The number of hydrogen-bond acceptors (Lipinski definition) is 5. The summed E-state index contributed by atoms with van der Waals surface area (Å²) in [5.74, 6) is 0.210. The Bertz CT molecular complexity index is 316. The van der Waals surface area contributed by atoms with Gasteiger partial charge in [-0.1, -0.05) is 0 Å². The Labute approximate surface area is 80.6 Å². The normalized spacial score (nSPS) is 9.79. The second-order valence-electron chi connectivity index (χ2n) is 2.44. The molecule has 0 aliphatic carbocycles. The minimum absolute atomic E-state index is 0.136. The van der Waals surface area contributed by atoms with Gasteiger partial charge in [0.25, 0.3) is 0 Å². The molecule has 0 bridgehead atoms. The summed E-state index contributed by atoms with van der Waals surface area (Å²) in [6.45, 7) is 0.667. The minimum Gasteiger partial charge on any atom is -0.484 e. The maximum Gasteiger partial charge on any atom is 0.329 e. The van der Waals surface area contributed by atoms with Gasteiger partial charge in [-0.15, -0.1) is 0 Å². The molecule has 0 saturated heterocycles. The quantitative estimate of drug-likeness (QED) is 0.401. The first-order valence-corrected chi connectivity index (χ1v) is 3.96. The zero-order chi connectivity index (χ0) is 10.4. The van der Waals surface area contributed by atoms with Gasteiger partial charge in [-0.2, -0.15) is 0 Å². The van der Waals surface area contributed by atoms with Gasteiger partial charge in [-0.25, -0.2) is 0 Å². The fourth-order valence-electron chi connectivity index (χ4n) is 0.867. The SMILES string of the molecule is COCCOc1ccncc1[N+](=O)[O-]. The van der Waals surface area contributed by atoms with Crippen molar-refractivity contribution in [2.24, 2.45) is 0 Å². The van der Waals surface area contributed by atoms with E-state index in [1.807, 2.05) is 0 Å². The summed E-state index contributed by atoms with van der Waals surface area (Å²) in [6.07, 6.45) is 2.59. The van der Waals surface area contributed by atoms with Gasteiger partial charge in [0.1, 0.15) is 12.8 Å². The van der Waals surface area contributed by atoms with Crippen LogP contribution < -0.4 is 4.74 Å². The molecule has 1 aromatic rings. The second-order valence-corrected chi connectivity index (χ2v) is 2.44. The van der Waals surface area contributed by atoms with Crippen molar-refractivity contribution in [2.45, 2.75) is 0 Å². The molecule has 1 heterocycles. The van der Waals surface area contributed by atoms with Crippen LogP contribution >= 0.6 is 0 Å². The Morgan fingerprint density at radius 1 is 1.57 bits per heavy atom. The largest absolute Gasteiger partial charge is 0.484 e. The van der Waals surface area contributed by atoms with E-state index in [0.717, 1.165) is 6.20 Å². The Hall–Kier alpha value is -1.69. The van der Waals surface area contributed by atoms with E-state index >= 15 is 0 Å². The summed E-state index contributed by atoms with van der Waals surface area (Å²) < 4.78 is 9.89. The predicted molar refractivity (Wildman–Crippen MR) is 48.3 cm³/mol. The molecule has 0 aromatic carbocycles. The maximum absolute atomic E-state index is 10.5. The molecule has 6 heteroatoms. The molecule has 0 N–H and O–H groups in total. The summed E-state index contributed by atoms with van der Waals surface area (Å²) in [5, 5.41) is 10.5. The molecule has 0 spiro atoms. The Kier molecular flexibility index (Phi) is 3.81. The van der Waals surface area contributed by atoms with Crippen molar-refractivity contribution in [1.29, 1.82) is 0 Å². The average Bonchev–Trinajstić information content (AvgIpc) is 2.19. The van der Waals surface area contributed by atoms with Gasteiger partial charge in [-0.3, -0.25) is 15.1 Å². The highest BCUT2D eigenvalue weighted by molar-refractivity contribution is 5.42. The molecule has 0 aliphatic heterocycles. The molecule has 6 nitrogen and oxygen atoms in total. The molecule has 0 unspecified atom stereocenters. The molecule has 0 atom stereocenters. The molecule has 14 heavy (non-hydrogen) atoms. The van der Waals surface area contributed by atoms with Crippen LogP contribution in [0.1, 0.15) is 0 Å². The van der Waals surface area contributed by atoms with Crippen molar-refractivity contribution in [2.75, 3.05) is 20.3 Å². The predicted octanol–water partition coefficient (Wildman–Crippen LogP) is 1.02. The first-order valence-electron chi connectivity index (χ1n) is 3.96. The van der Waals surface area contributed by atoms with Gasteiger partial charge in [0.05, 0.1) is 11.5 Å². The van der Waals surface area contributed by atoms with Crippen molar-refractivity contribution in [3.05, 3.63) is 28.6 Å². The van der Waals surface area contributed by atoms with Crippen LogP contribution in [0.25, 0.3) is 0 Å². The number of methoxy groups -OCH3 is 1. The molecule has 0 saturated carbocycles. The summed E-state index contributed by atoms with van der Waals surface area (Å²) in [5.41, 5.74) is -0.136. The van der Waals surface area contributed by atoms with Crippen LogP contribution in [0.3, 0.4) is 0 Å². The number of hydrogen-bond donors (Lipinski definition) is 0. The number of rotatable bonds is 5. The van der Waals surface area contributed by atoms with Crippen molar-refractivity contribution >= 4 is 5.69 Å². The Morgan fingerprint density at radius 3 is 3.00 bits per heavy atom. The number of ether oxygens (including phenoxy) is 2. The number of aromatic nitrogens is 1. The van der Waals surface area contributed by atoms with Crippen LogP contribution in [0.5, 0.6) is 5.75 Å². The van der Waals surface area contributed by atoms with Crippen molar-refractivity contribution in [3.63, 3.8) is 0 Å². The van der Waals surface area contributed by atoms with Gasteiger partial charge >= 0.3 is 5.69 Å². The first kappa shape index (κ1) is 10.4. The monoisotopic (exact) mass is 198 g/mol. The number of pyridine rings is 1. The topological polar surface area (TPSA) is 74.5 Å². The van der Waals surface area contributed by atoms with Gasteiger partial charge in [-0.05, 0) is 0 Å². The molecule has 1 rings (SSSR count). The zero-order valence-electron chi connectivity index (χ0n) is 7.67. The van der Waals surface area contributed by atoms with E-state index in [0.29, 0.717) is 6.61 Å². The van der Waals surface area contributed by atoms with Crippen molar-refractivity contribution in [3.8, 4) is 5.75 Å². The Balaban J connectivity index is 2.69. The lowest BCUT2D eigenvalue weighted by Crippen LogP contribution is -2.05. The van der Waals surface area contributed by atoms with E-state index < -0.39 is 4.92 Å². The van der Waals surface area contributed by atoms with E-state index in [2.05, 4.69) is 4.98 Å². The fourth-order valence-corrected chi connectivity index (χ4v) is 0.867. The highest BCUT2D eigenvalue weighted by Gasteiger charge is 2.13. The minimum atomic E-state index is -0.533. The first-order chi connectivity index (χ1) is 6.75. The van der Waals surface area contributed by atoms with E-state index in [1.54, 1.807) is 0 Å². The third kappa shape index (κ3) is 2.67. The third-order valence-corrected chi connectivity index (χ3v) is 1.50. The summed E-state index contributed by atoms with van der Waals surface area (Å²) >= 11 is 0. The van der Waals surface area contributed by atoms with Gasteiger partial charge in [0, 0.05) is 19.4 Å². The van der Waals surface area contributed by atoms with E-state index in [-0.39, 0.29) is 18.0 Å². The number of nitro groups is 1. The standard InChI is InChI=1S/C8H10N2O4/c1-13-4-5-14-8-2-3-9-6-7(8)10(11)12/h2-3,6H,4-5H2,1H3. The van der Waals surface area contributed by atoms with Gasteiger partial charge < -0.3 is 9.47 Å². The lowest BCUT2D eigenvalue weighted by Gasteiger charge is -2.04. The molecule has 1 aromatic heterocycles. The summed E-state index contributed by atoms with van der Waals surface area (Å²) in [7, 11) is 1.53. The van der Waals surface area contributed by atoms with Crippen LogP contribution in [-0.4, -0.2) is 30.2 Å². The maximum atomic E-state index is 10.5. The number of nitrogens with zero attached hydrogens (tertiary/aromatic N) is 2.